The number of carbonyl (C=O) groups excluding carboxylic acids is 1. The summed E-state index contributed by atoms with van der Waals surface area (Å²) < 4.78 is 47.0. The van der Waals surface area contributed by atoms with Crippen molar-refractivity contribution in [3.8, 4) is 0 Å². The first-order valence-corrected chi connectivity index (χ1v) is 10.5. The Labute approximate surface area is 137 Å². The number of rotatable bonds is 6. The van der Waals surface area contributed by atoms with Crippen LogP contribution in [-0.2, 0) is 19.9 Å². The average Bonchev–Trinajstić information content (AvgIpc) is 2.32. The summed E-state index contributed by atoms with van der Waals surface area (Å²) in [5.41, 5.74) is -0.0479. The molecule has 10 heteroatoms. The molecule has 21 heavy (non-hydrogen) atoms. The lowest BCUT2D eigenvalue weighted by atomic mass is 10.2. The largest absolute Gasteiger partial charge is 0.352 e. The number of nitrogens with one attached hydrogen (secondary N) is 1. The van der Waals surface area contributed by atoms with Crippen LogP contribution in [0, 0.1) is 5.82 Å². The molecular weight excluding hydrogens is 409 g/mol. The van der Waals surface area contributed by atoms with Crippen molar-refractivity contribution in [2.45, 2.75) is 11.3 Å². The molecule has 118 valence electrons. The third-order valence-electron chi connectivity index (χ3n) is 2.42. The highest BCUT2D eigenvalue weighted by Gasteiger charge is 2.21. The van der Waals surface area contributed by atoms with Crippen molar-refractivity contribution in [3.05, 3.63) is 28.0 Å². The van der Waals surface area contributed by atoms with E-state index in [1.165, 1.54) is 0 Å². The SMILES string of the molecule is CS(=O)CCCNC(=O)c1cc(S(=O)(=O)Cl)c(F)cc1Br. The second-order valence-corrected chi connectivity index (χ2v) is 9.03. The van der Waals surface area contributed by atoms with Crippen LogP contribution >= 0.6 is 26.6 Å². The van der Waals surface area contributed by atoms with E-state index in [2.05, 4.69) is 21.2 Å². The quantitative estimate of drug-likeness (QED) is 0.564. The highest BCUT2D eigenvalue weighted by atomic mass is 79.9. The van der Waals surface area contributed by atoms with Crippen molar-refractivity contribution in [2.75, 3.05) is 18.6 Å². The van der Waals surface area contributed by atoms with Gasteiger partial charge in [-0.05, 0) is 34.5 Å². The highest BCUT2D eigenvalue weighted by Crippen LogP contribution is 2.26. The Morgan fingerprint density at radius 1 is 1.48 bits per heavy atom. The molecule has 1 unspecified atom stereocenters. The summed E-state index contributed by atoms with van der Waals surface area (Å²) in [6, 6.07) is 1.74. The molecule has 1 rings (SSSR count). The van der Waals surface area contributed by atoms with Crippen LogP contribution in [0.1, 0.15) is 16.8 Å². The summed E-state index contributed by atoms with van der Waals surface area (Å²) >= 11 is 2.99. The van der Waals surface area contributed by atoms with E-state index in [-0.39, 0.29) is 16.6 Å². The minimum absolute atomic E-state index is 0.0479. The van der Waals surface area contributed by atoms with E-state index >= 15 is 0 Å². The third kappa shape index (κ3) is 5.65. The molecule has 1 amide bonds. The molecule has 0 saturated carbocycles. The first kappa shape index (κ1) is 18.5. The van der Waals surface area contributed by atoms with Gasteiger partial charge < -0.3 is 5.32 Å². The normalized spacial score (nSPS) is 13.0. The average molecular weight is 421 g/mol. The van der Waals surface area contributed by atoms with Gasteiger partial charge in [-0.25, -0.2) is 12.8 Å². The Bertz CT molecular complexity index is 681. The lowest BCUT2D eigenvalue weighted by molar-refractivity contribution is 0.0952. The minimum Gasteiger partial charge on any atom is -0.352 e. The monoisotopic (exact) mass is 419 g/mol. The predicted molar refractivity (Wildman–Crippen MR) is 83.0 cm³/mol. The topological polar surface area (TPSA) is 80.3 Å². The lowest BCUT2D eigenvalue weighted by Crippen LogP contribution is -2.26. The molecule has 0 radical (unpaired) electrons. The molecule has 0 spiro atoms. The highest BCUT2D eigenvalue weighted by molar-refractivity contribution is 9.10. The fourth-order valence-electron chi connectivity index (χ4n) is 1.46. The molecule has 1 atom stereocenters. The molecule has 1 aromatic carbocycles. The maximum absolute atomic E-state index is 13.5. The molecule has 0 heterocycles. The Balaban J connectivity index is 2.92. The van der Waals surface area contributed by atoms with Gasteiger partial charge in [0.15, 0.2) is 0 Å². The van der Waals surface area contributed by atoms with Gasteiger partial charge >= 0.3 is 0 Å². The maximum Gasteiger partial charge on any atom is 0.264 e. The van der Waals surface area contributed by atoms with Gasteiger partial charge in [0.05, 0.1) is 5.56 Å². The van der Waals surface area contributed by atoms with E-state index < -0.39 is 36.5 Å². The van der Waals surface area contributed by atoms with Crippen LogP contribution in [0.15, 0.2) is 21.5 Å². The van der Waals surface area contributed by atoms with Crippen molar-refractivity contribution >= 4 is 52.4 Å². The van der Waals surface area contributed by atoms with Gasteiger partial charge in [0.1, 0.15) is 10.7 Å². The van der Waals surface area contributed by atoms with Crippen molar-refractivity contribution < 1.29 is 21.8 Å². The fraction of sp³-hybridized carbons (Fsp3) is 0.364. The van der Waals surface area contributed by atoms with Gasteiger partial charge in [-0.15, -0.1) is 0 Å². The van der Waals surface area contributed by atoms with E-state index in [0.29, 0.717) is 12.2 Å². The third-order valence-corrected chi connectivity index (χ3v) is 5.28. The van der Waals surface area contributed by atoms with Crippen LogP contribution < -0.4 is 5.32 Å². The van der Waals surface area contributed by atoms with Gasteiger partial charge in [0, 0.05) is 44.5 Å². The summed E-state index contributed by atoms with van der Waals surface area (Å²) in [4.78, 5) is 11.2. The van der Waals surface area contributed by atoms with Crippen molar-refractivity contribution in [2.24, 2.45) is 0 Å². The van der Waals surface area contributed by atoms with E-state index in [4.69, 9.17) is 10.7 Å². The van der Waals surface area contributed by atoms with Crippen molar-refractivity contribution in [1.82, 2.24) is 5.32 Å². The summed E-state index contributed by atoms with van der Waals surface area (Å²) in [6.07, 6.45) is 2.06. The molecule has 1 aromatic rings. The lowest BCUT2D eigenvalue weighted by Gasteiger charge is -2.08. The van der Waals surface area contributed by atoms with E-state index in [1.54, 1.807) is 6.26 Å². The second kappa shape index (κ2) is 7.66. The van der Waals surface area contributed by atoms with E-state index in [1.807, 2.05) is 0 Å². The van der Waals surface area contributed by atoms with E-state index in [9.17, 15) is 21.8 Å². The second-order valence-electron chi connectivity index (χ2n) is 4.09. The molecule has 5 nitrogen and oxygen atoms in total. The number of hydrogen-bond donors (Lipinski definition) is 1. The standard InChI is InChI=1S/C11H12BrClFNO4S2/c1-20(17)4-2-3-15-11(16)7-5-10(21(13,18)19)9(14)6-8(7)12/h5-6H,2-4H2,1H3,(H,15,16). The first-order chi connectivity index (χ1) is 9.62. The molecule has 0 aromatic heterocycles. The summed E-state index contributed by atoms with van der Waals surface area (Å²) in [5, 5.41) is 2.53. The number of hydrogen-bond acceptors (Lipinski definition) is 4. The molecule has 0 aliphatic heterocycles. The summed E-state index contributed by atoms with van der Waals surface area (Å²) in [5.74, 6) is -1.19. The maximum atomic E-state index is 13.5. The zero-order valence-corrected chi connectivity index (χ0v) is 14.8. The van der Waals surface area contributed by atoms with Gasteiger partial charge in [-0.1, -0.05) is 0 Å². The number of halogens is 3. The van der Waals surface area contributed by atoms with E-state index in [0.717, 1.165) is 12.1 Å². The molecule has 0 saturated heterocycles. The molecular formula is C11H12BrClFNO4S2. The van der Waals surface area contributed by atoms with Crippen LogP contribution in [-0.4, -0.2) is 37.1 Å². The Morgan fingerprint density at radius 2 is 2.10 bits per heavy atom. The van der Waals surface area contributed by atoms with Gasteiger partial charge in [0.2, 0.25) is 0 Å². The van der Waals surface area contributed by atoms with Crippen LogP contribution in [0.2, 0.25) is 0 Å². The zero-order valence-electron chi connectivity index (χ0n) is 10.9. The molecule has 0 aliphatic rings. The van der Waals surface area contributed by atoms with Gasteiger partial charge in [-0.2, -0.15) is 0 Å². The molecule has 0 fully saturated rings. The van der Waals surface area contributed by atoms with Gasteiger partial charge in [-0.3, -0.25) is 9.00 Å². The van der Waals surface area contributed by atoms with Crippen molar-refractivity contribution in [1.29, 1.82) is 0 Å². The zero-order chi connectivity index (χ0) is 16.2. The number of amides is 1. The van der Waals surface area contributed by atoms with Crippen LogP contribution in [0.5, 0.6) is 0 Å². The summed E-state index contributed by atoms with van der Waals surface area (Å²) in [7, 11) is -0.135. The van der Waals surface area contributed by atoms with Crippen LogP contribution in [0.3, 0.4) is 0 Å². The Kier molecular flexibility index (Phi) is 6.76. The fourth-order valence-corrected chi connectivity index (χ4v) is 3.41. The van der Waals surface area contributed by atoms with Crippen molar-refractivity contribution in [3.63, 3.8) is 0 Å². The van der Waals surface area contributed by atoms with Crippen LogP contribution in [0.4, 0.5) is 4.39 Å². The minimum atomic E-state index is -4.29. The Hall–Kier alpha value is -0.510. The Morgan fingerprint density at radius 3 is 2.62 bits per heavy atom. The predicted octanol–water partition coefficient (Wildman–Crippen LogP) is 2.01. The molecule has 0 bridgehead atoms. The van der Waals surface area contributed by atoms with Crippen LogP contribution in [0.25, 0.3) is 0 Å². The smallest absolute Gasteiger partial charge is 0.264 e. The molecule has 1 N–H and O–H groups in total. The van der Waals surface area contributed by atoms with Gasteiger partial charge in [0.25, 0.3) is 15.0 Å². The summed E-state index contributed by atoms with van der Waals surface area (Å²) in [6.45, 7) is 0.269. The number of carbonyl (C=O) groups is 1. The first-order valence-electron chi connectivity index (χ1n) is 5.65. The molecule has 0 aliphatic carbocycles. The number of benzene rings is 1.